The molecule has 188 valence electrons. The van der Waals surface area contributed by atoms with E-state index in [-0.39, 0.29) is 5.56 Å². The molecule has 0 bridgehead atoms. The minimum atomic E-state index is -1.74. The molecule has 2 amide bonds. The standard InChI is InChI=1S/C26H19F3N4O4/c27-19-11-12-20(24(29)23(19)28)31-21(34)13-30-22(35)15-37-26(36)18-14-33(17-9-5-2-6-10-17)32-25(18)16-7-3-1-4-8-16/h1-12,14H,13,15H2,(H,30,35)(H,31,34). The number of carbonyl (C=O) groups excluding carboxylic acids is 3. The van der Waals surface area contributed by atoms with Crippen LogP contribution in [0.2, 0.25) is 0 Å². The van der Waals surface area contributed by atoms with E-state index < -0.39 is 54.1 Å². The first-order valence-corrected chi connectivity index (χ1v) is 10.9. The van der Waals surface area contributed by atoms with Crippen LogP contribution in [-0.2, 0) is 14.3 Å². The van der Waals surface area contributed by atoms with Gasteiger partial charge in [0.25, 0.3) is 5.91 Å². The van der Waals surface area contributed by atoms with Gasteiger partial charge < -0.3 is 15.4 Å². The smallest absolute Gasteiger partial charge is 0.342 e. The monoisotopic (exact) mass is 508 g/mol. The lowest BCUT2D eigenvalue weighted by Gasteiger charge is -2.09. The molecule has 2 N–H and O–H groups in total. The Labute approximate surface area is 208 Å². The van der Waals surface area contributed by atoms with Crippen molar-refractivity contribution in [3.63, 3.8) is 0 Å². The number of halogens is 3. The van der Waals surface area contributed by atoms with E-state index in [4.69, 9.17) is 4.74 Å². The van der Waals surface area contributed by atoms with Crippen LogP contribution < -0.4 is 10.6 Å². The quantitative estimate of drug-likeness (QED) is 0.278. The fourth-order valence-electron chi connectivity index (χ4n) is 3.30. The van der Waals surface area contributed by atoms with E-state index in [0.29, 0.717) is 23.0 Å². The van der Waals surface area contributed by atoms with Gasteiger partial charge in [0.1, 0.15) is 11.3 Å². The Bertz CT molecular complexity index is 1440. The molecule has 0 aliphatic heterocycles. The van der Waals surface area contributed by atoms with Crippen molar-refractivity contribution in [1.29, 1.82) is 0 Å². The van der Waals surface area contributed by atoms with E-state index in [1.54, 1.807) is 24.3 Å². The van der Waals surface area contributed by atoms with E-state index in [1.165, 1.54) is 10.9 Å². The molecule has 3 aromatic carbocycles. The summed E-state index contributed by atoms with van der Waals surface area (Å²) >= 11 is 0. The van der Waals surface area contributed by atoms with E-state index in [2.05, 4.69) is 10.4 Å². The Hall–Kier alpha value is -4.93. The number of hydrogen-bond donors (Lipinski definition) is 2. The van der Waals surface area contributed by atoms with Crippen LogP contribution in [-0.4, -0.2) is 40.7 Å². The fourth-order valence-corrected chi connectivity index (χ4v) is 3.30. The highest BCUT2D eigenvalue weighted by Gasteiger charge is 2.21. The summed E-state index contributed by atoms with van der Waals surface area (Å²) in [4.78, 5) is 36.9. The normalized spacial score (nSPS) is 10.6. The Balaban J connectivity index is 1.38. The fraction of sp³-hybridized carbons (Fsp3) is 0.0769. The summed E-state index contributed by atoms with van der Waals surface area (Å²) in [6.07, 6.45) is 1.49. The summed E-state index contributed by atoms with van der Waals surface area (Å²) < 4.78 is 46.6. The maximum Gasteiger partial charge on any atom is 0.342 e. The molecular weight excluding hydrogens is 489 g/mol. The molecule has 4 aromatic rings. The number of carbonyl (C=O) groups is 3. The van der Waals surface area contributed by atoms with Crippen LogP contribution in [0.3, 0.4) is 0 Å². The molecule has 0 saturated carbocycles. The first kappa shape index (κ1) is 25.2. The molecule has 4 rings (SSSR count). The van der Waals surface area contributed by atoms with Crippen LogP contribution in [0.4, 0.5) is 18.9 Å². The lowest BCUT2D eigenvalue weighted by atomic mass is 10.1. The van der Waals surface area contributed by atoms with Crippen LogP contribution in [0.1, 0.15) is 10.4 Å². The zero-order valence-electron chi connectivity index (χ0n) is 19.1. The Morgan fingerprint density at radius 2 is 1.51 bits per heavy atom. The third-order valence-electron chi connectivity index (χ3n) is 5.09. The van der Waals surface area contributed by atoms with Gasteiger partial charge in [-0.25, -0.2) is 22.6 Å². The summed E-state index contributed by atoms with van der Waals surface area (Å²) in [5.74, 6) is -7.25. The number of nitrogens with one attached hydrogen (secondary N) is 2. The third-order valence-corrected chi connectivity index (χ3v) is 5.09. The Kier molecular flexibility index (Phi) is 7.62. The largest absolute Gasteiger partial charge is 0.452 e. The maximum atomic E-state index is 13.7. The summed E-state index contributed by atoms with van der Waals surface area (Å²) in [6, 6.07) is 19.5. The number of benzene rings is 3. The number of anilines is 1. The molecule has 0 radical (unpaired) electrons. The van der Waals surface area contributed by atoms with Crippen LogP contribution in [0, 0.1) is 17.5 Å². The minimum absolute atomic E-state index is 0.120. The lowest BCUT2D eigenvalue weighted by Crippen LogP contribution is -2.35. The molecule has 1 heterocycles. The average Bonchev–Trinajstić information content (AvgIpc) is 3.38. The highest BCUT2D eigenvalue weighted by Crippen LogP contribution is 2.24. The maximum absolute atomic E-state index is 13.7. The molecule has 0 fully saturated rings. The van der Waals surface area contributed by atoms with Gasteiger partial charge in [-0.2, -0.15) is 5.10 Å². The van der Waals surface area contributed by atoms with Crippen LogP contribution >= 0.6 is 0 Å². The molecule has 8 nitrogen and oxygen atoms in total. The van der Waals surface area contributed by atoms with Crippen molar-refractivity contribution in [2.24, 2.45) is 0 Å². The van der Waals surface area contributed by atoms with Gasteiger partial charge in [-0.3, -0.25) is 9.59 Å². The summed E-state index contributed by atoms with van der Waals surface area (Å²) in [5, 5.41) is 8.71. The number of hydrogen-bond acceptors (Lipinski definition) is 5. The average molecular weight is 508 g/mol. The molecule has 0 aliphatic rings. The van der Waals surface area contributed by atoms with Gasteiger partial charge in [0.2, 0.25) is 5.91 Å². The summed E-state index contributed by atoms with van der Waals surface area (Å²) in [5.41, 5.74) is 1.25. The molecule has 0 atom stereocenters. The number of nitrogens with zero attached hydrogens (tertiary/aromatic N) is 2. The zero-order valence-corrected chi connectivity index (χ0v) is 19.1. The highest BCUT2D eigenvalue weighted by atomic mass is 19.2. The van der Waals surface area contributed by atoms with Crippen molar-refractivity contribution in [2.75, 3.05) is 18.5 Å². The number of amides is 2. The van der Waals surface area contributed by atoms with E-state index in [1.807, 2.05) is 41.7 Å². The second-order valence-electron chi connectivity index (χ2n) is 7.66. The first-order chi connectivity index (χ1) is 17.8. The lowest BCUT2D eigenvalue weighted by molar-refractivity contribution is -0.126. The van der Waals surface area contributed by atoms with Crippen LogP contribution in [0.15, 0.2) is 79.0 Å². The second-order valence-corrected chi connectivity index (χ2v) is 7.66. The van der Waals surface area contributed by atoms with Crippen LogP contribution in [0.5, 0.6) is 0 Å². The number of rotatable bonds is 8. The number of esters is 1. The van der Waals surface area contributed by atoms with Crippen LogP contribution in [0.25, 0.3) is 16.9 Å². The molecule has 0 spiro atoms. The van der Waals surface area contributed by atoms with Gasteiger partial charge in [0.05, 0.1) is 17.9 Å². The van der Waals surface area contributed by atoms with E-state index in [9.17, 15) is 27.6 Å². The van der Waals surface area contributed by atoms with Gasteiger partial charge in [0.15, 0.2) is 24.1 Å². The predicted molar refractivity (Wildman–Crippen MR) is 127 cm³/mol. The second kappa shape index (κ2) is 11.2. The third kappa shape index (κ3) is 6.01. The number of para-hydroxylation sites is 1. The molecule has 0 unspecified atom stereocenters. The van der Waals surface area contributed by atoms with E-state index in [0.717, 1.165) is 6.07 Å². The Morgan fingerprint density at radius 1 is 0.838 bits per heavy atom. The van der Waals surface area contributed by atoms with Crippen molar-refractivity contribution >= 4 is 23.5 Å². The van der Waals surface area contributed by atoms with Gasteiger partial charge >= 0.3 is 5.97 Å². The summed E-state index contributed by atoms with van der Waals surface area (Å²) in [6.45, 7) is -1.34. The topological polar surface area (TPSA) is 102 Å². The first-order valence-electron chi connectivity index (χ1n) is 10.9. The number of ether oxygens (including phenoxy) is 1. The molecule has 0 aliphatic carbocycles. The van der Waals surface area contributed by atoms with Crippen molar-refractivity contribution in [3.8, 4) is 16.9 Å². The Morgan fingerprint density at radius 3 is 2.22 bits per heavy atom. The van der Waals surface area contributed by atoms with Gasteiger partial charge in [0, 0.05) is 11.8 Å². The van der Waals surface area contributed by atoms with Gasteiger partial charge in [-0.1, -0.05) is 48.5 Å². The van der Waals surface area contributed by atoms with Gasteiger partial charge in [-0.05, 0) is 24.3 Å². The summed E-state index contributed by atoms with van der Waals surface area (Å²) in [7, 11) is 0. The molecule has 0 saturated heterocycles. The SMILES string of the molecule is O=C(COC(=O)c1cn(-c2ccccc2)nc1-c1ccccc1)NCC(=O)Nc1ccc(F)c(F)c1F. The van der Waals surface area contributed by atoms with Gasteiger partial charge in [-0.15, -0.1) is 0 Å². The molecule has 11 heteroatoms. The minimum Gasteiger partial charge on any atom is -0.452 e. The zero-order chi connectivity index (χ0) is 26.4. The molecule has 37 heavy (non-hydrogen) atoms. The van der Waals surface area contributed by atoms with Crippen molar-refractivity contribution < 1.29 is 32.3 Å². The molecular formula is C26H19F3N4O4. The van der Waals surface area contributed by atoms with E-state index >= 15 is 0 Å². The van der Waals surface area contributed by atoms with Crippen molar-refractivity contribution in [1.82, 2.24) is 15.1 Å². The number of aromatic nitrogens is 2. The van der Waals surface area contributed by atoms with Crippen molar-refractivity contribution in [3.05, 3.63) is 102 Å². The van der Waals surface area contributed by atoms with Crippen molar-refractivity contribution in [2.45, 2.75) is 0 Å². The predicted octanol–water partition coefficient (Wildman–Crippen LogP) is 3.87. The molecule has 1 aromatic heterocycles. The highest BCUT2D eigenvalue weighted by molar-refractivity contribution is 5.98.